The predicted octanol–water partition coefficient (Wildman–Crippen LogP) is 2.46. The minimum absolute atomic E-state index is 0.293. The molecule has 1 N–H and O–H groups in total. The summed E-state index contributed by atoms with van der Waals surface area (Å²) in [6.45, 7) is 0. The molecule has 20 heavy (non-hydrogen) atoms. The molecular weight excluding hydrogens is 284 g/mol. The van der Waals surface area contributed by atoms with Gasteiger partial charge in [-0.3, -0.25) is 14.9 Å². The summed E-state index contributed by atoms with van der Waals surface area (Å²) in [4.78, 5) is 20.7. The molecule has 0 bridgehead atoms. The highest BCUT2D eigenvalue weighted by Gasteiger charge is 2.47. The number of halogens is 4. The molecule has 1 saturated heterocycles. The molecule has 108 valence electrons. The van der Waals surface area contributed by atoms with Gasteiger partial charge in [0.2, 0.25) is 5.91 Å². The Morgan fingerprint density at radius 2 is 2.00 bits per heavy atom. The molecule has 0 aromatic heterocycles. The zero-order chi connectivity index (χ0) is 15.1. The van der Waals surface area contributed by atoms with Crippen LogP contribution in [0.2, 0.25) is 0 Å². The highest BCUT2D eigenvalue weighted by Crippen LogP contribution is 2.40. The largest absolute Gasteiger partial charge is 0.343 e. The van der Waals surface area contributed by atoms with Crippen molar-refractivity contribution in [2.45, 2.75) is 24.8 Å². The molecule has 1 unspecified atom stereocenters. The Kier molecular flexibility index (Phi) is 3.36. The SMILES string of the molecule is O=C1CCC(F)(F)C(c2cc([N+](=O)[O-])cc(F)c2F)N1. The summed E-state index contributed by atoms with van der Waals surface area (Å²) in [6, 6.07) is -1.33. The van der Waals surface area contributed by atoms with E-state index < -0.39 is 58.5 Å². The Hall–Kier alpha value is -2.19. The van der Waals surface area contributed by atoms with Crippen molar-refractivity contribution in [2.24, 2.45) is 0 Å². The summed E-state index contributed by atoms with van der Waals surface area (Å²) < 4.78 is 54.3. The number of non-ortho nitro benzene ring substituents is 1. The second-order valence-electron chi connectivity index (χ2n) is 4.35. The number of hydrogen-bond donors (Lipinski definition) is 1. The lowest BCUT2D eigenvalue weighted by atomic mass is 9.92. The van der Waals surface area contributed by atoms with E-state index in [2.05, 4.69) is 0 Å². The van der Waals surface area contributed by atoms with Crippen molar-refractivity contribution >= 4 is 11.6 Å². The summed E-state index contributed by atoms with van der Waals surface area (Å²) >= 11 is 0. The third-order valence-electron chi connectivity index (χ3n) is 2.98. The van der Waals surface area contributed by atoms with Gasteiger partial charge in [-0.15, -0.1) is 0 Å². The third-order valence-corrected chi connectivity index (χ3v) is 2.98. The number of alkyl halides is 2. The number of nitrogens with one attached hydrogen (secondary N) is 1. The number of rotatable bonds is 2. The summed E-state index contributed by atoms with van der Waals surface area (Å²) in [5.41, 5.74) is -1.80. The van der Waals surface area contributed by atoms with E-state index in [1.165, 1.54) is 0 Å². The van der Waals surface area contributed by atoms with Gasteiger partial charge in [-0.1, -0.05) is 0 Å². The van der Waals surface area contributed by atoms with Gasteiger partial charge in [-0.2, -0.15) is 0 Å². The average Bonchev–Trinajstić information content (AvgIpc) is 2.35. The van der Waals surface area contributed by atoms with E-state index in [0.29, 0.717) is 12.1 Å². The van der Waals surface area contributed by atoms with E-state index in [0.717, 1.165) is 0 Å². The second-order valence-corrected chi connectivity index (χ2v) is 4.35. The van der Waals surface area contributed by atoms with Crippen LogP contribution < -0.4 is 5.32 Å². The molecule has 2 rings (SSSR count). The van der Waals surface area contributed by atoms with Crippen LogP contribution >= 0.6 is 0 Å². The molecule has 1 aromatic carbocycles. The number of carbonyl (C=O) groups excluding carboxylic acids is 1. The van der Waals surface area contributed by atoms with Gasteiger partial charge < -0.3 is 5.32 Å². The predicted molar refractivity (Wildman–Crippen MR) is 58.1 cm³/mol. The number of hydrogen-bond acceptors (Lipinski definition) is 3. The summed E-state index contributed by atoms with van der Waals surface area (Å²) in [7, 11) is 0. The van der Waals surface area contributed by atoms with Crippen LogP contribution in [-0.2, 0) is 4.79 Å². The fraction of sp³-hybridized carbons (Fsp3) is 0.364. The lowest BCUT2D eigenvalue weighted by Gasteiger charge is -2.32. The second kappa shape index (κ2) is 4.73. The van der Waals surface area contributed by atoms with Crippen molar-refractivity contribution < 1.29 is 27.3 Å². The topological polar surface area (TPSA) is 72.2 Å². The molecule has 1 amide bonds. The Bertz CT molecular complexity index is 591. The van der Waals surface area contributed by atoms with Gasteiger partial charge in [0.1, 0.15) is 6.04 Å². The van der Waals surface area contributed by atoms with Crippen LogP contribution in [-0.4, -0.2) is 16.8 Å². The zero-order valence-corrected chi connectivity index (χ0v) is 9.83. The molecule has 0 saturated carbocycles. The number of carbonyl (C=O) groups is 1. The molecule has 0 spiro atoms. The molecular formula is C11H8F4N2O3. The summed E-state index contributed by atoms with van der Waals surface area (Å²) in [5.74, 6) is -7.53. The van der Waals surface area contributed by atoms with Crippen LogP contribution in [0.25, 0.3) is 0 Å². The van der Waals surface area contributed by atoms with Crippen LogP contribution in [0.5, 0.6) is 0 Å². The first-order chi connectivity index (χ1) is 9.22. The Balaban J connectivity index is 2.55. The van der Waals surface area contributed by atoms with Crippen molar-refractivity contribution in [3.05, 3.63) is 39.4 Å². The molecule has 1 heterocycles. The lowest BCUT2D eigenvalue weighted by molar-refractivity contribution is -0.385. The molecule has 1 atom stereocenters. The van der Waals surface area contributed by atoms with E-state index in [4.69, 9.17) is 0 Å². The van der Waals surface area contributed by atoms with Gasteiger partial charge in [0.15, 0.2) is 11.6 Å². The Morgan fingerprint density at radius 1 is 1.35 bits per heavy atom. The van der Waals surface area contributed by atoms with Crippen LogP contribution in [0, 0.1) is 21.7 Å². The minimum Gasteiger partial charge on any atom is -0.343 e. The maximum atomic E-state index is 13.7. The highest BCUT2D eigenvalue weighted by molar-refractivity contribution is 5.77. The monoisotopic (exact) mass is 292 g/mol. The van der Waals surface area contributed by atoms with Crippen LogP contribution in [0.4, 0.5) is 23.2 Å². The van der Waals surface area contributed by atoms with Crippen molar-refractivity contribution in [2.75, 3.05) is 0 Å². The first kappa shape index (κ1) is 14.2. The molecule has 1 aliphatic rings. The molecule has 1 aromatic rings. The van der Waals surface area contributed by atoms with Crippen LogP contribution in [0.1, 0.15) is 24.4 Å². The molecule has 9 heteroatoms. The number of nitro groups is 1. The zero-order valence-electron chi connectivity index (χ0n) is 9.83. The molecule has 0 radical (unpaired) electrons. The van der Waals surface area contributed by atoms with Crippen molar-refractivity contribution in [3.8, 4) is 0 Å². The maximum Gasteiger partial charge on any atom is 0.272 e. The standard InChI is InChI=1S/C11H8F4N2O3/c12-7-4-5(17(19)20)3-6(9(7)13)10-11(14,15)2-1-8(18)16-10/h3-4,10H,1-2H2,(H,16,18). The van der Waals surface area contributed by atoms with Gasteiger partial charge in [0.05, 0.1) is 11.0 Å². The van der Waals surface area contributed by atoms with Gasteiger partial charge in [0.25, 0.3) is 11.6 Å². The van der Waals surface area contributed by atoms with Gasteiger partial charge in [-0.25, -0.2) is 17.6 Å². The van der Waals surface area contributed by atoms with Gasteiger partial charge >= 0.3 is 0 Å². The number of amides is 1. The number of nitrogens with zero attached hydrogens (tertiary/aromatic N) is 1. The van der Waals surface area contributed by atoms with Crippen molar-refractivity contribution in [1.29, 1.82) is 0 Å². The minimum atomic E-state index is -3.52. The fourth-order valence-corrected chi connectivity index (χ4v) is 1.98. The quantitative estimate of drug-likeness (QED) is 0.517. The Labute approximate surface area is 109 Å². The lowest BCUT2D eigenvalue weighted by Crippen LogP contribution is -2.46. The number of nitro benzene ring substituents is 1. The molecule has 1 aliphatic heterocycles. The van der Waals surface area contributed by atoms with Crippen LogP contribution in [0.3, 0.4) is 0 Å². The number of piperidine rings is 1. The molecule has 0 aliphatic carbocycles. The highest BCUT2D eigenvalue weighted by atomic mass is 19.3. The van der Waals surface area contributed by atoms with E-state index in [9.17, 15) is 32.5 Å². The van der Waals surface area contributed by atoms with E-state index in [1.54, 1.807) is 0 Å². The molecule has 1 fully saturated rings. The van der Waals surface area contributed by atoms with E-state index in [1.807, 2.05) is 5.32 Å². The van der Waals surface area contributed by atoms with E-state index in [-0.39, 0.29) is 0 Å². The smallest absolute Gasteiger partial charge is 0.272 e. The van der Waals surface area contributed by atoms with Crippen LogP contribution in [0.15, 0.2) is 12.1 Å². The average molecular weight is 292 g/mol. The fourth-order valence-electron chi connectivity index (χ4n) is 1.98. The third kappa shape index (κ3) is 2.43. The van der Waals surface area contributed by atoms with Crippen molar-refractivity contribution in [3.63, 3.8) is 0 Å². The summed E-state index contributed by atoms with van der Waals surface area (Å²) in [5, 5.41) is 12.4. The number of benzene rings is 1. The van der Waals surface area contributed by atoms with Crippen molar-refractivity contribution in [1.82, 2.24) is 5.32 Å². The van der Waals surface area contributed by atoms with E-state index >= 15 is 0 Å². The normalized spacial score (nSPS) is 21.4. The maximum absolute atomic E-state index is 13.7. The Morgan fingerprint density at radius 3 is 2.60 bits per heavy atom. The molecule has 5 nitrogen and oxygen atoms in total. The first-order valence-electron chi connectivity index (χ1n) is 5.53. The van der Waals surface area contributed by atoms with Gasteiger partial charge in [0, 0.05) is 24.5 Å². The summed E-state index contributed by atoms with van der Waals surface area (Å²) in [6.07, 6.45) is -1.30. The first-order valence-corrected chi connectivity index (χ1v) is 5.53. The van der Waals surface area contributed by atoms with Gasteiger partial charge in [-0.05, 0) is 0 Å².